The van der Waals surface area contributed by atoms with Gasteiger partial charge in [-0.2, -0.15) is 16.7 Å². The topological polar surface area (TPSA) is 126 Å². The first-order valence-electron chi connectivity index (χ1n) is 11.3. The highest BCUT2D eigenvalue weighted by atomic mass is 32.2. The molecule has 1 saturated heterocycles. The highest BCUT2D eigenvalue weighted by Gasteiger charge is 2.20. The van der Waals surface area contributed by atoms with Crippen LogP contribution in [0.2, 0.25) is 0 Å². The lowest BCUT2D eigenvalue weighted by Gasteiger charge is -2.24. The van der Waals surface area contributed by atoms with E-state index in [-0.39, 0.29) is 5.71 Å². The SMILES string of the molecule is Cc1cc(C)c2oc(Nc3ccc(C(=N)c4c(N)ncnc4NC4CCSCC4)cc3)nc2c1. The Hall–Kier alpha value is -3.59. The summed E-state index contributed by atoms with van der Waals surface area (Å²) in [5.74, 6) is 3.16. The standard InChI is InChI=1S/C25H27N7OS/c1-14-11-15(2)22-19(12-14)32-25(33-22)31-17-5-3-16(4-6-17)21(26)20-23(27)28-13-29-24(20)30-18-7-9-34-10-8-18/h3-6,11-13,18,26H,7-10H2,1-2H3,(H,31,32)(H3,27,28,29,30). The van der Waals surface area contributed by atoms with Crippen LogP contribution in [0.4, 0.5) is 23.3 Å². The first kappa shape index (κ1) is 22.2. The molecule has 5 rings (SSSR count). The van der Waals surface area contributed by atoms with Gasteiger partial charge in [0.2, 0.25) is 0 Å². The smallest absolute Gasteiger partial charge is 0.300 e. The number of aromatic nitrogens is 3. The summed E-state index contributed by atoms with van der Waals surface area (Å²) >= 11 is 1.97. The second-order valence-electron chi connectivity index (χ2n) is 8.54. The zero-order valence-electron chi connectivity index (χ0n) is 19.2. The van der Waals surface area contributed by atoms with Crippen molar-refractivity contribution in [1.29, 1.82) is 5.41 Å². The summed E-state index contributed by atoms with van der Waals surface area (Å²) < 4.78 is 5.90. The van der Waals surface area contributed by atoms with Crippen molar-refractivity contribution in [2.75, 3.05) is 27.9 Å². The molecule has 0 atom stereocenters. The van der Waals surface area contributed by atoms with Crippen molar-refractivity contribution >= 4 is 51.9 Å². The van der Waals surface area contributed by atoms with Crippen molar-refractivity contribution in [3.63, 3.8) is 0 Å². The van der Waals surface area contributed by atoms with Crippen LogP contribution in [0.15, 0.2) is 47.1 Å². The van der Waals surface area contributed by atoms with E-state index in [9.17, 15) is 0 Å². The molecule has 0 bridgehead atoms. The van der Waals surface area contributed by atoms with Gasteiger partial charge in [-0.05, 0) is 67.5 Å². The number of thioether (sulfide) groups is 1. The Morgan fingerprint density at radius 2 is 1.88 bits per heavy atom. The summed E-state index contributed by atoms with van der Waals surface area (Å²) in [6.45, 7) is 4.06. The zero-order chi connectivity index (χ0) is 23.7. The molecule has 5 N–H and O–H groups in total. The first-order valence-corrected chi connectivity index (χ1v) is 12.4. The Labute approximate surface area is 202 Å². The van der Waals surface area contributed by atoms with Gasteiger partial charge >= 0.3 is 0 Å². The third kappa shape index (κ3) is 4.56. The molecule has 174 valence electrons. The highest BCUT2D eigenvalue weighted by molar-refractivity contribution is 7.99. The molecule has 0 unspecified atom stereocenters. The van der Waals surface area contributed by atoms with E-state index in [1.165, 1.54) is 6.33 Å². The number of nitrogens with zero attached hydrogens (tertiary/aromatic N) is 3. The van der Waals surface area contributed by atoms with Gasteiger partial charge in [-0.25, -0.2) is 9.97 Å². The molecule has 34 heavy (non-hydrogen) atoms. The van der Waals surface area contributed by atoms with E-state index in [1.54, 1.807) is 0 Å². The molecule has 1 aliphatic rings. The normalized spacial score (nSPS) is 14.3. The second-order valence-corrected chi connectivity index (χ2v) is 9.76. The molecule has 0 amide bonds. The summed E-state index contributed by atoms with van der Waals surface area (Å²) in [6, 6.07) is 12.4. The number of benzene rings is 2. The van der Waals surface area contributed by atoms with Crippen LogP contribution >= 0.6 is 11.8 Å². The lowest BCUT2D eigenvalue weighted by Crippen LogP contribution is -2.26. The summed E-state index contributed by atoms with van der Waals surface area (Å²) in [7, 11) is 0. The van der Waals surface area contributed by atoms with Crippen molar-refractivity contribution in [3.8, 4) is 0 Å². The zero-order valence-corrected chi connectivity index (χ0v) is 20.0. The Morgan fingerprint density at radius 1 is 1.12 bits per heavy atom. The van der Waals surface area contributed by atoms with Crippen molar-refractivity contribution in [2.45, 2.75) is 32.7 Å². The van der Waals surface area contributed by atoms with Crippen LogP contribution < -0.4 is 16.4 Å². The fourth-order valence-electron chi connectivity index (χ4n) is 4.21. The number of fused-ring (bicyclic) bond motifs is 1. The number of hydrogen-bond donors (Lipinski definition) is 4. The van der Waals surface area contributed by atoms with Crippen molar-refractivity contribution in [3.05, 3.63) is 65.0 Å². The Bertz CT molecular complexity index is 1340. The molecule has 4 aromatic rings. The maximum absolute atomic E-state index is 8.82. The molecular weight excluding hydrogens is 446 g/mol. The molecule has 9 heteroatoms. The van der Waals surface area contributed by atoms with E-state index in [0.717, 1.165) is 57.8 Å². The number of aryl methyl sites for hydroxylation is 2. The Balaban J connectivity index is 1.36. The summed E-state index contributed by atoms with van der Waals surface area (Å²) in [5, 5.41) is 15.5. The van der Waals surface area contributed by atoms with E-state index >= 15 is 0 Å². The van der Waals surface area contributed by atoms with Crippen molar-refractivity contribution < 1.29 is 4.42 Å². The van der Waals surface area contributed by atoms with Gasteiger partial charge in [-0.3, -0.25) is 5.41 Å². The van der Waals surface area contributed by atoms with Gasteiger partial charge in [0.05, 0.1) is 11.3 Å². The number of oxazole rings is 1. The molecule has 1 aliphatic heterocycles. The Kier molecular flexibility index (Phi) is 6.10. The van der Waals surface area contributed by atoms with Gasteiger partial charge in [-0.15, -0.1) is 0 Å². The molecule has 1 fully saturated rings. The highest BCUT2D eigenvalue weighted by Crippen LogP contribution is 2.28. The van der Waals surface area contributed by atoms with Crippen LogP contribution in [0, 0.1) is 19.3 Å². The van der Waals surface area contributed by atoms with Crippen LogP contribution in [-0.4, -0.2) is 38.2 Å². The van der Waals surface area contributed by atoms with E-state index in [2.05, 4.69) is 31.7 Å². The van der Waals surface area contributed by atoms with Crippen LogP contribution in [0.1, 0.15) is 35.1 Å². The van der Waals surface area contributed by atoms with Crippen LogP contribution in [-0.2, 0) is 0 Å². The van der Waals surface area contributed by atoms with Gasteiger partial charge in [0.25, 0.3) is 6.01 Å². The average Bonchev–Trinajstić information content (AvgIpc) is 3.22. The molecule has 0 radical (unpaired) electrons. The fraction of sp³-hybridized carbons (Fsp3) is 0.280. The first-order chi connectivity index (χ1) is 16.5. The van der Waals surface area contributed by atoms with Gasteiger partial charge < -0.3 is 20.8 Å². The second kappa shape index (κ2) is 9.34. The van der Waals surface area contributed by atoms with Crippen molar-refractivity contribution in [1.82, 2.24) is 15.0 Å². The molecule has 8 nitrogen and oxygen atoms in total. The number of anilines is 4. The molecule has 2 aromatic carbocycles. The van der Waals surface area contributed by atoms with E-state index in [0.29, 0.717) is 29.3 Å². The molecule has 0 saturated carbocycles. The van der Waals surface area contributed by atoms with Gasteiger partial charge in [0.15, 0.2) is 5.58 Å². The quantitative estimate of drug-likeness (QED) is 0.279. The lowest BCUT2D eigenvalue weighted by atomic mass is 10.0. The number of hydrogen-bond acceptors (Lipinski definition) is 9. The predicted octanol–water partition coefficient (Wildman–Crippen LogP) is 5.28. The summed E-state index contributed by atoms with van der Waals surface area (Å²) in [5.41, 5.74) is 12.3. The molecule has 2 aromatic heterocycles. The van der Waals surface area contributed by atoms with Gasteiger partial charge in [-0.1, -0.05) is 18.2 Å². The van der Waals surface area contributed by atoms with E-state index < -0.39 is 0 Å². The predicted molar refractivity (Wildman–Crippen MR) is 140 cm³/mol. The van der Waals surface area contributed by atoms with Gasteiger partial charge in [0, 0.05) is 17.3 Å². The van der Waals surface area contributed by atoms with E-state index in [4.69, 9.17) is 15.6 Å². The van der Waals surface area contributed by atoms with Crippen LogP contribution in [0.3, 0.4) is 0 Å². The van der Waals surface area contributed by atoms with Gasteiger partial charge in [0.1, 0.15) is 23.5 Å². The molecule has 0 spiro atoms. The summed E-state index contributed by atoms with van der Waals surface area (Å²) in [4.78, 5) is 13.1. The van der Waals surface area contributed by atoms with Crippen LogP contribution in [0.5, 0.6) is 0 Å². The Morgan fingerprint density at radius 3 is 2.65 bits per heavy atom. The molecular formula is C25H27N7OS. The largest absolute Gasteiger partial charge is 0.423 e. The third-order valence-corrected chi connectivity index (χ3v) is 6.98. The van der Waals surface area contributed by atoms with E-state index in [1.807, 2.05) is 55.9 Å². The molecule has 3 heterocycles. The number of nitrogens with two attached hydrogens (primary N) is 1. The van der Waals surface area contributed by atoms with Crippen molar-refractivity contribution in [2.24, 2.45) is 0 Å². The minimum atomic E-state index is 0.283. The maximum atomic E-state index is 8.82. The maximum Gasteiger partial charge on any atom is 0.300 e. The lowest BCUT2D eigenvalue weighted by molar-refractivity contribution is 0.620. The van der Waals surface area contributed by atoms with Crippen LogP contribution in [0.25, 0.3) is 11.1 Å². The average molecular weight is 474 g/mol. The number of rotatable bonds is 6. The fourth-order valence-corrected chi connectivity index (χ4v) is 5.32. The third-order valence-electron chi connectivity index (χ3n) is 5.93. The minimum absolute atomic E-state index is 0.283. The minimum Gasteiger partial charge on any atom is -0.423 e. The monoisotopic (exact) mass is 473 g/mol. The molecule has 0 aliphatic carbocycles. The summed E-state index contributed by atoms with van der Waals surface area (Å²) in [6.07, 6.45) is 3.58. The number of nitrogen functional groups attached to an aromatic ring is 1. The number of nitrogens with one attached hydrogen (secondary N) is 3.